The molecule has 0 unspecified atom stereocenters. The summed E-state index contributed by atoms with van der Waals surface area (Å²) in [6, 6.07) is 23.6. The predicted molar refractivity (Wildman–Crippen MR) is 150 cm³/mol. The number of para-hydroxylation sites is 1. The molecule has 0 aliphatic heterocycles. The Morgan fingerprint density at radius 2 is 1.73 bits per heavy atom. The molecule has 4 aromatic carbocycles. The summed E-state index contributed by atoms with van der Waals surface area (Å²) in [5, 5.41) is 16.3. The molecule has 10 nitrogen and oxygen atoms in total. The average molecular weight is 555 g/mol. The Bertz CT molecular complexity index is 1830. The number of aromatic nitrogens is 2. The molecule has 0 radical (unpaired) electrons. The summed E-state index contributed by atoms with van der Waals surface area (Å²) in [6.45, 7) is 0. The molecule has 0 saturated carbocycles. The van der Waals surface area contributed by atoms with E-state index in [0.29, 0.717) is 32.6 Å². The number of ether oxygens (including phenoxy) is 2. The Labute approximate surface area is 231 Å². The zero-order valence-corrected chi connectivity index (χ0v) is 21.6. The number of fused-ring (bicyclic) bond motifs is 1. The van der Waals surface area contributed by atoms with Crippen molar-refractivity contribution in [2.24, 2.45) is 5.10 Å². The van der Waals surface area contributed by atoms with Gasteiger partial charge in [-0.05, 0) is 72.3 Å². The van der Waals surface area contributed by atoms with Crippen molar-refractivity contribution in [1.29, 1.82) is 0 Å². The van der Waals surface area contributed by atoms with Crippen LogP contribution < -0.4 is 15.0 Å². The van der Waals surface area contributed by atoms with Crippen LogP contribution >= 0.6 is 11.6 Å². The van der Waals surface area contributed by atoms with Gasteiger partial charge in [-0.3, -0.25) is 14.9 Å². The Balaban J connectivity index is 1.50. The fraction of sp³-hybridized carbons (Fsp3) is 0.0345. The molecule has 0 aliphatic rings. The van der Waals surface area contributed by atoms with Gasteiger partial charge in [-0.25, -0.2) is 9.78 Å². The van der Waals surface area contributed by atoms with E-state index >= 15 is 0 Å². The first-order valence-electron chi connectivity index (χ1n) is 11.8. The summed E-state index contributed by atoms with van der Waals surface area (Å²) in [5.74, 6) is 0.0785. The Hall–Kier alpha value is -5.35. The van der Waals surface area contributed by atoms with Crippen molar-refractivity contribution in [1.82, 2.24) is 9.66 Å². The molecule has 1 heterocycles. The summed E-state index contributed by atoms with van der Waals surface area (Å²) in [7, 11) is 1.43. The molecule has 0 atom stereocenters. The fourth-order valence-corrected chi connectivity index (χ4v) is 3.99. The van der Waals surface area contributed by atoms with Crippen molar-refractivity contribution in [3.63, 3.8) is 0 Å². The van der Waals surface area contributed by atoms with Gasteiger partial charge in [0.15, 0.2) is 17.3 Å². The maximum Gasteiger partial charge on any atom is 0.343 e. The molecule has 0 bridgehead atoms. The van der Waals surface area contributed by atoms with Crippen LogP contribution in [0.5, 0.6) is 11.5 Å². The average Bonchev–Trinajstić information content (AvgIpc) is 2.97. The van der Waals surface area contributed by atoms with Crippen LogP contribution in [0.4, 0.5) is 5.69 Å². The van der Waals surface area contributed by atoms with Gasteiger partial charge in [0, 0.05) is 22.7 Å². The minimum absolute atomic E-state index is 0.0918. The molecular formula is C29H19ClN4O6. The fourth-order valence-electron chi connectivity index (χ4n) is 3.87. The normalized spacial score (nSPS) is 11.1. The molecule has 198 valence electrons. The van der Waals surface area contributed by atoms with Crippen molar-refractivity contribution in [3.05, 3.63) is 128 Å². The van der Waals surface area contributed by atoms with Crippen molar-refractivity contribution in [2.45, 2.75) is 0 Å². The molecule has 1 aromatic heterocycles. The second-order valence-electron chi connectivity index (χ2n) is 8.42. The van der Waals surface area contributed by atoms with E-state index in [0.717, 1.165) is 4.68 Å². The molecule has 5 aromatic rings. The van der Waals surface area contributed by atoms with Gasteiger partial charge in [0.1, 0.15) is 0 Å². The maximum absolute atomic E-state index is 13.4. The molecule has 40 heavy (non-hydrogen) atoms. The van der Waals surface area contributed by atoms with Crippen LogP contribution in [0.3, 0.4) is 0 Å². The van der Waals surface area contributed by atoms with Gasteiger partial charge in [0.2, 0.25) is 0 Å². The molecule has 0 amide bonds. The third kappa shape index (κ3) is 5.42. The lowest BCUT2D eigenvalue weighted by molar-refractivity contribution is -0.384. The van der Waals surface area contributed by atoms with Gasteiger partial charge in [-0.2, -0.15) is 9.78 Å². The monoisotopic (exact) mass is 554 g/mol. The maximum atomic E-state index is 13.4. The van der Waals surface area contributed by atoms with Crippen LogP contribution in [-0.4, -0.2) is 33.9 Å². The summed E-state index contributed by atoms with van der Waals surface area (Å²) >= 11 is 5.88. The molecule has 0 spiro atoms. The van der Waals surface area contributed by atoms with E-state index in [1.165, 1.54) is 37.6 Å². The number of non-ortho nitro benzene ring substituents is 1. The first kappa shape index (κ1) is 26.3. The number of halogens is 1. The van der Waals surface area contributed by atoms with Crippen molar-refractivity contribution >= 4 is 40.4 Å². The number of nitro benzene ring substituents is 1. The number of carbonyl (C=O) groups excluding carboxylic acids is 1. The highest BCUT2D eigenvalue weighted by Crippen LogP contribution is 2.29. The van der Waals surface area contributed by atoms with Gasteiger partial charge in [-0.1, -0.05) is 23.7 Å². The Kier molecular flexibility index (Phi) is 7.34. The van der Waals surface area contributed by atoms with Crippen LogP contribution in [-0.2, 0) is 0 Å². The summed E-state index contributed by atoms with van der Waals surface area (Å²) in [4.78, 5) is 41.1. The number of benzene rings is 4. The first-order chi connectivity index (χ1) is 19.3. The number of esters is 1. The molecule has 0 saturated heterocycles. The Morgan fingerprint density at radius 3 is 2.42 bits per heavy atom. The SMILES string of the molecule is COc1cc(C=Nn2c(-c3ccc([N+](=O)[O-])cc3)nc3ccccc3c2=O)ccc1OC(=O)c1ccc(Cl)cc1. The smallest absolute Gasteiger partial charge is 0.343 e. The van der Waals surface area contributed by atoms with Crippen LogP contribution in [0, 0.1) is 10.1 Å². The number of methoxy groups -OCH3 is 1. The zero-order chi connectivity index (χ0) is 28.2. The standard InChI is InChI=1S/C29H19ClN4O6/c1-39-26-16-18(6-15-25(26)40-29(36)20-7-11-21(30)12-8-20)17-31-33-27(19-9-13-22(14-10-19)34(37)38)32-24-5-3-2-4-23(24)28(33)35/h2-17H,1H3. The minimum Gasteiger partial charge on any atom is -0.493 e. The predicted octanol–water partition coefficient (Wildman–Crippen LogP) is 5.74. The number of nitro groups is 1. The van der Waals surface area contributed by atoms with E-state index in [2.05, 4.69) is 10.1 Å². The third-order valence-electron chi connectivity index (χ3n) is 5.88. The van der Waals surface area contributed by atoms with Gasteiger partial charge in [0.05, 0.1) is 34.7 Å². The quantitative estimate of drug-likeness (QED) is 0.0826. The highest BCUT2D eigenvalue weighted by molar-refractivity contribution is 6.30. The number of hydrogen-bond donors (Lipinski definition) is 0. The second-order valence-corrected chi connectivity index (χ2v) is 8.86. The van der Waals surface area contributed by atoms with Crippen molar-refractivity contribution in [2.75, 3.05) is 7.11 Å². The van der Waals surface area contributed by atoms with Gasteiger partial charge in [0.25, 0.3) is 11.2 Å². The molecular weight excluding hydrogens is 536 g/mol. The van der Waals surface area contributed by atoms with E-state index in [1.807, 2.05) is 0 Å². The van der Waals surface area contributed by atoms with Crippen LogP contribution in [0.25, 0.3) is 22.3 Å². The summed E-state index contributed by atoms with van der Waals surface area (Å²) < 4.78 is 12.0. The van der Waals surface area contributed by atoms with E-state index < -0.39 is 16.5 Å². The minimum atomic E-state index is -0.585. The van der Waals surface area contributed by atoms with Crippen LogP contribution in [0.15, 0.2) is 101 Å². The zero-order valence-electron chi connectivity index (χ0n) is 20.9. The number of hydrogen-bond acceptors (Lipinski definition) is 8. The first-order valence-corrected chi connectivity index (χ1v) is 12.2. The van der Waals surface area contributed by atoms with Crippen LogP contribution in [0.1, 0.15) is 15.9 Å². The number of rotatable bonds is 7. The highest BCUT2D eigenvalue weighted by Gasteiger charge is 2.15. The Morgan fingerprint density at radius 1 is 1.00 bits per heavy atom. The summed E-state index contributed by atoms with van der Waals surface area (Å²) in [6.07, 6.45) is 1.43. The van der Waals surface area contributed by atoms with Crippen molar-refractivity contribution < 1.29 is 19.2 Å². The van der Waals surface area contributed by atoms with Gasteiger partial charge >= 0.3 is 5.97 Å². The molecule has 0 N–H and O–H groups in total. The molecule has 5 rings (SSSR count). The van der Waals surface area contributed by atoms with Gasteiger partial charge < -0.3 is 9.47 Å². The van der Waals surface area contributed by atoms with Gasteiger partial charge in [-0.15, -0.1) is 0 Å². The topological polar surface area (TPSA) is 126 Å². The molecule has 0 fully saturated rings. The van der Waals surface area contributed by atoms with E-state index in [1.54, 1.807) is 66.7 Å². The lowest BCUT2D eigenvalue weighted by atomic mass is 10.1. The van der Waals surface area contributed by atoms with Crippen LogP contribution in [0.2, 0.25) is 5.02 Å². The molecule has 11 heteroatoms. The molecule has 0 aliphatic carbocycles. The van der Waals surface area contributed by atoms with E-state index in [4.69, 9.17) is 21.1 Å². The van der Waals surface area contributed by atoms with E-state index in [-0.39, 0.29) is 23.0 Å². The lowest BCUT2D eigenvalue weighted by Gasteiger charge is -2.11. The highest BCUT2D eigenvalue weighted by atomic mass is 35.5. The van der Waals surface area contributed by atoms with E-state index in [9.17, 15) is 19.7 Å². The third-order valence-corrected chi connectivity index (χ3v) is 6.13. The number of nitrogens with zero attached hydrogens (tertiary/aromatic N) is 4. The summed E-state index contributed by atoms with van der Waals surface area (Å²) in [5.41, 5.74) is 1.27. The number of carbonyl (C=O) groups is 1. The largest absolute Gasteiger partial charge is 0.493 e. The second kappa shape index (κ2) is 11.2. The lowest BCUT2D eigenvalue weighted by Crippen LogP contribution is -2.20. The van der Waals surface area contributed by atoms with Crippen molar-refractivity contribution in [3.8, 4) is 22.9 Å².